The van der Waals surface area contributed by atoms with Crippen molar-refractivity contribution in [2.24, 2.45) is 0 Å². The van der Waals surface area contributed by atoms with Crippen LogP contribution in [0.1, 0.15) is 36.5 Å². The second-order valence-corrected chi connectivity index (χ2v) is 6.59. The summed E-state index contributed by atoms with van der Waals surface area (Å²) in [6.07, 6.45) is 4.41. The second-order valence-electron chi connectivity index (χ2n) is 5.70. The molecule has 0 fully saturated rings. The molecule has 3 rings (SSSR count). The van der Waals surface area contributed by atoms with Crippen LogP contribution < -0.4 is 10.9 Å². The summed E-state index contributed by atoms with van der Waals surface area (Å²) in [4.78, 5) is 29.4. The molecule has 0 radical (unpaired) electrons. The van der Waals surface area contributed by atoms with Crippen molar-refractivity contribution < 1.29 is 9.90 Å². The van der Waals surface area contributed by atoms with Gasteiger partial charge >= 0.3 is 0 Å². The zero-order valence-electron chi connectivity index (χ0n) is 13.9. The number of aryl methyl sites for hydroxylation is 1. The molecule has 0 spiro atoms. The summed E-state index contributed by atoms with van der Waals surface area (Å²) in [5.74, 6) is -0.936. The Morgan fingerprint density at radius 2 is 2.12 bits per heavy atom. The van der Waals surface area contributed by atoms with Crippen molar-refractivity contribution in [2.75, 3.05) is 5.32 Å². The van der Waals surface area contributed by atoms with Gasteiger partial charge in [-0.25, -0.2) is 4.98 Å². The maximum atomic E-state index is 12.9. The van der Waals surface area contributed by atoms with Gasteiger partial charge in [0.25, 0.3) is 11.5 Å². The Morgan fingerprint density at radius 1 is 1.32 bits per heavy atom. The fraction of sp³-hybridized carbons (Fsp3) is 0.278. The highest BCUT2D eigenvalue weighted by atomic mass is 32.1. The fourth-order valence-electron chi connectivity index (χ4n) is 2.78. The van der Waals surface area contributed by atoms with E-state index in [1.54, 1.807) is 34.3 Å². The molecule has 3 aromatic rings. The zero-order valence-corrected chi connectivity index (χ0v) is 14.7. The largest absolute Gasteiger partial charge is 0.506 e. The minimum Gasteiger partial charge on any atom is -0.506 e. The van der Waals surface area contributed by atoms with Gasteiger partial charge in [0, 0.05) is 23.5 Å². The van der Waals surface area contributed by atoms with Gasteiger partial charge in [0.05, 0.1) is 5.52 Å². The molecule has 1 aromatic carbocycles. The molecule has 25 heavy (non-hydrogen) atoms. The lowest BCUT2D eigenvalue weighted by molar-refractivity contribution is 0.102. The van der Waals surface area contributed by atoms with E-state index in [4.69, 9.17) is 0 Å². The van der Waals surface area contributed by atoms with Crippen LogP contribution in [-0.2, 0) is 6.54 Å². The van der Waals surface area contributed by atoms with E-state index in [1.165, 1.54) is 11.3 Å². The summed E-state index contributed by atoms with van der Waals surface area (Å²) in [6.45, 7) is 2.59. The SMILES string of the molecule is CCCCCn1c(=O)c(C(=O)Nc2nccs2)c(O)c2ccccc21. The van der Waals surface area contributed by atoms with E-state index in [9.17, 15) is 14.7 Å². The minimum absolute atomic E-state index is 0.245. The average molecular weight is 357 g/mol. The van der Waals surface area contributed by atoms with Crippen molar-refractivity contribution >= 4 is 33.3 Å². The van der Waals surface area contributed by atoms with Gasteiger partial charge in [-0.05, 0) is 18.6 Å². The van der Waals surface area contributed by atoms with E-state index in [0.717, 1.165) is 19.3 Å². The molecule has 0 unspecified atom stereocenters. The number of pyridine rings is 1. The van der Waals surface area contributed by atoms with Crippen LogP contribution in [0.2, 0.25) is 0 Å². The molecule has 0 bridgehead atoms. The number of carbonyl (C=O) groups excluding carboxylic acids is 1. The third-order valence-corrected chi connectivity index (χ3v) is 4.70. The molecule has 2 heterocycles. The van der Waals surface area contributed by atoms with Gasteiger partial charge in [0.15, 0.2) is 5.13 Å². The van der Waals surface area contributed by atoms with Gasteiger partial charge in [0.2, 0.25) is 0 Å². The maximum absolute atomic E-state index is 12.9. The molecule has 0 atom stereocenters. The Morgan fingerprint density at radius 3 is 2.84 bits per heavy atom. The van der Waals surface area contributed by atoms with Crippen LogP contribution in [0.15, 0.2) is 40.6 Å². The summed E-state index contributed by atoms with van der Waals surface area (Å²) in [5, 5.41) is 15.7. The van der Waals surface area contributed by atoms with Crippen LogP contribution >= 0.6 is 11.3 Å². The van der Waals surface area contributed by atoms with E-state index in [-0.39, 0.29) is 11.3 Å². The van der Waals surface area contributed by atoms with Gasteiger partial charge in [-0.15, -0.1) is 11.3 Å². The Kier molecular flexibility index (Phi) is 5.14. The number of rotatable bonds is 6. The van der Waals surface area contributed by atoms with E-state index >= 15 is 0 Å². The zero-order chi connectivity index (χ0) is 17.8. The number of hydrogen-bond acceptors (Lipinski definition) is 5. The summed E-state index contributed by atoms with van der Waals surface area (Å²) < 4.78 is 1.57. The van der Waals surface area contributed by atoms with E-state index in [0.29, 0.717) is 22.6 Å². The van der Waals surface area contributed by atoms with Crippen LogP contribution in [0.25, 0.3) is 10.9 Å². The first kappa shape index (κ1) is 17.2. The Labute approximate surface area is 148 Å². The number of para-hydroxylation sites is 1. The van der Waals surface area contributed by atoms with Gasteiger partial charge < -0.3 is 9.67 Å². The molecular formula is C18H19N3O3S. The molecule has 0 saturated carbocycles. The van der Waals surface area contributed by atoms with Crippen molar-refractivity contribution in [3.05, 3.63) is 51.8 Å². The normalized spacial score (nSPS) is 10.9. The molecule has 0 saturated heterocycles. The fourth-order valence-corrected chi connectivity index (χ4v) is 3.30. The minimum atomic E-state index is -0.646. The maximum Gasteiger partial charge on any atom is 0.267 e. The van der Waals surface area contributed by atoms with E-state index < -0.39 is 11.5 Å². The molecule has 130 valence electrons. The first-order valence-electron chi connectivity index (χ1n) is 8.18. The molecule has 0 aliphatic carbocycles. The van der Waals surface area contributed by atoms with E-state index in [2.05, 4.69) is 17.2 Å². The number of benzene rings is 1. The first-order chi connectivity index (χ1) is 12.1. The predicted octanol–water partition coefficient (Wildman–Crippen LogP) is 3.61. The van der Waals surface area contributed by atoms with Gasteiger partial charge in [-0.1, -0.05) is 31.9 Å². The van der Waals surface area contributed by atoms with Crippen LogP contribution in [0.4, 0.5) is 5.13 Å². The standard InChI is InChI=1S/C18H19N3O3S/c1-2-3-6-10-21-13-8-5-4-7-12(13)15(22)14(17(21)24)16(23)20-18-19-9-11-25-18/h4-5,7-9,11,22H,2-3,6,10H2,1H3,(H,19,20,23). The van der Waals surface area contributed by atoms with Gasteiger partial charge in [0.1, 0.15) is 11.3 Å². The quantitative estimate of drug-likeness (QED) is 0.660. The number of aromatic hydroxyl groups is 1. The summed E-state index contributed by atoms with van der Waals surface area (Å²) in [7, 11) is 0. The number of carbonyl (C=O) groups is 1. The van der Waals surface area contributed by atoms with Crippen molar-refractivity contribution in [2.45, 2.75) is 32.7 Å². The number of fused-ring (bicyclic) bond motifs is 1. The Balaban J connectivity index is 2.11. The van der Waals surface area contributed by atoms with Crippen LogP contribution in [0, 0.1) is 0 Å². The number of nitrogens with one attached hydrogen (secondary N) is 1. The molecule has 6 nitrogen and oxygen atoms in total. The predicted molar refractivity (Wildman–Crippen MR) is 99.5 cm³/mol. The number of anilines is 1. The highest BCUT2D eigenvalue weighted by Gasteiger charge is 2.22. The number of aromatic nitrogens is 2. The van der Waals surface area contributed by atoms with Crippen molar-refractivity contribution in [3.63, 3.8) is 0 Å². The number of amides is 1. The van der Waals surface area contributed by atoms with Crippen LogP contribution in [0.3, 0.4) is 0 Å². The Bertz CT molecular complexity index is 948. The number of nitrogens with zero attached hydrogens (tertiary/aromatic N) is 2. The lowest BCUT2D eigenvalue weighted by Gasteiger charge is -2.14. The third-order valence-electron chi connectivity index (χ3n) is 4.01. The van der Waals surface area contributed by atoms with Gasteiger partial charge in [-0.2, -0.15) is 0 Å². The lowest BCUT2D eigenvalue weighted by atomic mass is 10.1. The van der Waals surface area contributed by atoms with E-state index in [1.807, 2.05) is 6.07 Å². The monoisotopic (exact) mass is 357 g/mol. The number of hydrogen-bond donors (Lipinski definition) is 2. The highest BCUT2D eigenvalue weighted by molar-refractivity contribution is 7.13. The topological polar surface area (TPSA) is 84.2 Å². The lowest BCUT2D eigenvalue weighted by Crippen LogP contribution is -2.30. The molecule has 2 aromatic heterocycles. The number of unbranched alkanes of at least 4 members (excludes halogenated alkanes) is 2. The van der Waals surface area contributed by atoms with Crippen LogP contribution in [-0.4, -0.2) is 20.6 Å². The van der Waals surface area contributed by atoms with Crippen LogP contribution in [0.5, 0.6) is 5.75 Å². The average Bonchev–Trinajstić information content (AvgIpc) is 3.11. The van der Waals surface area contributed by atoms with Crippen molar-refractivity contribution in [1.29, 1.82) is 0 Å². The van der Waals surface area contributed by atoms with Crippen molar-refractivity contribution in [1.82, 2.24) is 9.55 Å². The smallest absolute Gasteiger partial charge is 0.267 e. The summed E-state index contributed by atoms with van der Waals surface area (Å²) in [5.41, 5.74) is -0.0985. The molecule has 0 aliphatic rings. The summed E-state index contributed by atoms with van der Waals surface area (Å²) >= 11 is 1.25. The Hall–Kier alpha value is -2.67. The highest BCUT2D eigenvalue weighted by Crippen LogP contribution is 2.27. The summed E-state index contributed by atoms with van der Waals surface area (Å²) in [6, 6.07) is 7.07. The first-order valence-corrected chi connectivity index (χ1v) is 9.06. The molecule has 1 amide bonds. The van der Waals surface area contributed by atoms with Gasteiger partial charge in [-0.3, -0.25) is 14.9 Å². The third kappa shape index (κ3) is 3.41. The molecule has 7 heteroatoms. The molecule has 0 aliphatic heterocycles. The van der Waals surface area contributed by atoms with Crippen molar-refractivity contribution in [3.8, 4) is 5.75 Å². The molecular weight excluding hydrogens is 338 g/mol. The number of thiazole rings is 1. The molecule has 2 N–H and O–H groups in total. The second kappa shape index (κ2) is 7.48.